The summed E-state index contributed by atoms with van der Waals surface area (Å²) in [5.41, 5.74) is 3.76. The number of amidine groups is 1. The van der Waals surface area contributed by atoms with Crippen molar-refractivity contribution in [1.82, 2.24) is 9.55 Å². The molecule has 216 valence electrons. The monoisotopic (exact) mass is 590 g/mol. The van der Waals surface area contributed by atoms with Gasteiger partial charge in [0, 0.05) is 12.3 Å². The van der Waals surface area contributed by atoms with Gasteiger partial charge in [0.15, 0.2) is 12.5 Å². The van der Waals surface area contributed by atoms with Gasteiger partial charge in [-0.2, -0.15) is 4.31 Å². The molecular formula is C17H28N4O15P2. The standard InChI is InChI=1S/C17H28N4O15P2/c1-6-11(23)13(25)10(19-7(2)18)16(33-6)35-38(30,31)36-37(28,29)32-5-8-12(24)14(26)15(34-8)21-4-3-9(22)20-17(21)27/h3-4,6,8,10-16,23-26H,5H2,1-2H3,(H2,18,19)(H,28,29)(H,30,31)(H,20,22,27)/t6-,8+,10-,11+,12+,13-,14+,15+,16+/m0/s1. The number of ether oxygens (including phenoxy) is 2. The minimum Gasteiger partial charge on any atom is -0.388 e. The van der Waals surface area contributed by atoms with E-state index in [0.29, 0.717) is 0 Å². The van der Waals surface area contributed by atoms with E-state index in [1.807, 2.05) is 4.98 Å². The summed E-state index contributed by atoms with van der Waals surface area (Å²) in [5, 5.41) is 40.6. The Morgan fingerprint density at radius 3 is 2.37 bits per heavy atom. The molecule has 2 fully saturated rings. The van der Waals surface area contributed by atoms with Gasteiger partial charge in [-0.25, -0.2) is 13.9 Å². The zero-order valence-corrected chi connectivity index (χ0v) is 21.6. The van der Waals surface area contributed by atoms with Crippen LogP contribution >= 0.6 is 15.6 Å². The number of nitrogens with zero attached hydrogens (tertiary/aromatic N) is 2. The van der Waals surface area contributed by atoms with Gasteiger partial charge in [-0.3, -0.25) is 28.4 Å². The molecule has 0 aliphatic carbocycles. The lowest BCUT2D eigenvalue weighted by Crippen LogP contribution is -2.56. The molecule has 11 atom stereocenters. The maximum absolute atomic E-state index is 12.4. The smallest absolute Gasteiger partial charge is 0.388 e. The van der Waals surface area contributed by atoms with E-state index < -0.39 is 88.7 Å². The van der Waals surface area contributed by atoms with Crippen LogP contribution in [0.15, 0.2) is 26.8 Å². The number of nitrogens with one attached hydrogen (secondary N) is 1. The zero-order chi connectivity index (χ0) is 28.6. The Labute approximate surface area is 213 Å². The summed E-state index contributed by atoms with van der Waals surface area (Å²) in [6.07, 6.45) is -11.7. The fourth-order valence-electron chi connectivity index (χ4n) is 3.67. The first-order valence-corrected chi connectivity index (χ1v) is 13.8. The van der Waals surface area contributed by atoms with Crippen molar-refractivity contribution in [3.8, 4) is 0 Å². The van der Waals surface area contributed by atoms with Crippen molar-refractivity contribution in [2.75, 3.05) is 6.61 Å². The number of nitrogens with two attached hydrogens (primary N) is 1. The van der Waals surface area contributed by atoms with Gasteiger partial charge < -0.3 is 45.4 Å². The number of rotatable bonds is 9. The fraction of sp³-hybridized carbons (Fsp3) is 0.706. The molecule has 0 bridgehead atoms. The number of hydrogen-bond acceptors (Lipinski definition) is 14. The van der Waals surface area contributed by atoms with Crippen LogP contribution in [-0.4, -0.2) is 101 Å². The number of phosphoric acid groups is 2. The predicted molar refractivity (Wildman–Crippen MR) is 122 cm³/mol. The van der Waals surface area contributed by atoms with Gasteiger partial charge in [-0.05, 0) is 13.8 Å². The molecule has 1 aromatic rings. The Kier molecular flexibility index (Phi) is 9.48. The van der Waals surface area contributed by atoms with Crippen LogP contribution in [0.1, 0.15) is 20.1 Å². The summed E-state index contributed by atoms with van der Waals surface area (Å²) in [4.78, 5) is 48.8. The Balaban J connectivity index is 1.65. The number of aromatic amines is 1. The Morgan fingerprint density at radius 2 is 1.76 bits per heavy atom. The van der Waals surface area contributed by atoms with Crippen LogP contribution in [0.25, 0.3) is 0 Å². The van der Waals surface area contributed by atoms with Crippen LogP contribution in [0.3, 0.4) is 0 Å². The van der Waals surface area contributed by atoms with Crippen molar-refractivity contribution < 1.29 is 62.2 Å². The van der Waals surface area contributed by atoms with Crippen molar-refractivity contribution >= 4 is 21.5 Å². The van der Waals surface area contributed by atoms with Crippen molar-refractivity contribution in [1.29, 1.82) is 0 Å². The Morgan fingerprint density at radius 1 is 1.11 bits per heavy atom. The summed E-state index contributed by atoms with van der Waals surface area (Å²) >= 11 is 0. The molecule has 3 heterocycles. The summed E-state index contributed by atoms with van der Waals surface area (Å²) in [5.74, 6) is -0.113. The van der Waals surface area contributed by atoms with Gasteiger partial charge in [0.2, 0.25) is 0 Å². The first-order chi connectivity index (χ1) is 17.5. The molecule has 0 amide bonds. The lowest BCUT2D eigenvalue weighted by Gasteiger charge is -2.39. The van der Waals surface area contributed by atoms with Crippen molar-refractivity contribution in [3.63, 3.8) is 0 Å². The molecule has 2 saturated heterocycles. The molecule has 1 aromatic heterocycles. The SMILES string of the molecule is CC(N)=N[C@@H]1[C@@H](OP(=O)(O)OP(=O)(O)OC[C@H]2O[C@@H](n3ccc(=O)[nH]c3=O)[C@H](O)[C@@H]2O)O[C@@H](C)[C@@H](O)[C@H]1O. The van der Waals surface area contributed by atoms with E-state index in [0.717, 1.165) is 16.8 Å². The van der Waals surface area contributed by atoms with Crippen molar-refractivity contribution in [2.24, 2.45) is 10.7 Å². The minimum absolute atomic E-state index is 0.113. The molecule has 2 aliphatic rings. The number of aliphatic hydroxyl groups is 4. The maximum Gasteiger partial charge on any atom is 0.483 e. The van der Waals surface area contributed by atoms with Crippen LogP contribution in [0.2, 0.25) is 0 Å². The summed E-state index contributed by atoms with van der Waals surface area (Å²) < 4.78 is 49.6. The lowest BCUT2D eigenvalue weighted by atomic mass is 9.98. The second-order valence-electron chi connectivity index (χ2n) is 8.44. The van der Waals surface area contributed by atoms with Crippen LogP contribution in [0.5, 0.6) is 0 Å². The Bertz CT molecular complexity index is 1230. The molecular weight excluding hydrogens is 562 g/mol. The number of aliphatic hydroxyl groups excluding tert-OH is 4. The molecule has 2 aliphatic heterocycles. The number of aromatic nitrogens is 2. The second-order valence-corrected chi connectivity index (χ2v) is 11.4. The van der Waals surface area contributed by atoms with Gasteiger partial charge in [-0.1, -0.05) is 0 Å². The first kappa shape index (κ1) is 30.7. The van der Waals surface area contributed by atoms with Crippen molar-refractivity contribution in [2.45, 2.75) is 69.0 Å². The molecule has 0 spiro atoms. The number of hydrogen-bond donors (Lipinski definition) is 8. The van der Waals surface area contributed by atoms with E-state index in [-0.39, 0.29) is 5.84 Å². The van der Waals surface area contributed by atoms with Gasteiger partial charge in [0.05, 0.1) is 18.5 Å². The van der Waals surface area contributed by atoms with E-state index in [4.69, 9.17) is 19.7 Å². The average Bonchev–Trinajstić information content (AvgIpc) is 3.06. The van der Waals surface area contributed by atoms with Crippen LogP contribution < -0.4 is 17.0 Å². The molecule has 0 radical (unpaired) electrons. The molecule has 3 rings (SSSR count). The van der Waals surface area contributed by atoms with Crippen molar-refractivity contribution in [3.05, 3.63) is 33.1 Å². The number of H-pyrrole nitrogens is 1. The minimum atomic E-state index is -5.49. The summed E-state index contributed by atoms with van der Waals surface area (Å²) in [6.45, 7) is 1.63. The molecule has 2 unspecified atom stereocenters. The summed E-state index contributed by atoms with van der Waals surface area (Å²) in [7, 11) is -10.9. The van der Waals surface area contributed by atoms with E-state index in [1.54, 1.807) is 0 Å². The highest BCUT2D eigenvalue weighted by atomic mass is 31.3. The topological polar surface area (TPSA) is 295 Å². The first-order valence-electron chi connectivity index (χ1n) is 10.9. The third-order valence-corrected chi connectivity index (χ3v) is 8.07. The van der Waals surface area contributed by atoms with Crippen LogP contribution in [0, 0.1) is 0 Å². The normalized spacial score (nSPS) is 37.5. The molecule has 0 saturated carbocycles. The highest BCUT2D eigenvalue weighted by molar-refractivity contribution is 7.61. The quantitative estimate of drug-likeness (QED) is 0.0790. The van der Waals surface area contributed by atoms with Crippen LogP contribution in [0.4, 0.5) is 0 Å². The van der Waals surface area contributed by atoms with E-state index in [2.05, 4.69) is 13.8 Å². The maximum atomic E-state index is 12.4. The summed E-state index contributed by atoms with van der Waals surface area (Å²) in [6, 6.07) is -0.574. The fourth-order valence-corrected chi connectivity index (χ4v) is 5.83. The van der Waals surface area contributed by atoms with Crippen LogP contribution in [-0.2, 0) is 32.0 Å². The highest BCUT2D eigenvalue weighted by Gasteiger charge is 2.49. The molecule has 9 N–H and O–H groups in total. The number of phosphoric ester groups is 2. The highest BCUT2D eigenvalue weighted by Crippen LogP contribution is 2.61. The van der Waals surface area contributed by atoms with E-state index >= 15 is 0 Å². The van der Waals surface area contributed by atoms with E-state index in [1.165, 1.54) is 13.8 Å². The van der Waals surface area contributed by atoms with Gasteiger partial charge in [-0.15, -0.1) is 0 Å². The third-order valence-electron chi connectivity index (χ3n) is 5.47. The number of aliphatic imine (C=N–C) groups is 1. The largest absolute Gasteiger partial charge is 0.483 e. The molecule has 38 heavy (non-hydrogen) atoms. The average molecular weight is 590 g/mol. The van der Waals surface area contributed by atoms with E-state index in [9.17, 15) is 48.9 Å². The lowest BCUT2D eigenvalue weighted by molar-refractivity contribution is -0.230. The molecule has 0 aromatic carbocycles. The molecule has 21 heteroatoms. The molecule has 19 nitrogen and oxygen atoms in total. The van der Waals surface area contributed by atoms with Gasteiger partial charge >= 0.3 is 21.3 Å². The van der Waals surface area contributed by atoms with Gasteiger partial charge in [0.25, 0.3) is 5.56 Å². The van der Waals surface area contributed by atoms with Gasteiger partial charge in [0.1, 0.15) is 36.6 Å². The zero-order valence-electron chi connectivity index (χ0n) is 19.8. The predicted octanol–water partition coefficient (Wildman–Crippen LogP) is -3.38. The Hall–Kier alpha value is -1.83. The third kappa shape index (κ3) is 7.22. The second kappa shape index (κ2) is 11.7.